The molecular weight excluding hydrogens is 424 g/mol. The van der Waals surface area contributed by atoms with Crippen molar-refractivity contribution in [2.75, 3.05) is 11.9 Å². The van der Waals surface area contributed by atoms with Crippen LogP contribution >= 0.6 is 11.3 Å². The Balaban J connectivity index is 1.41. The van der Waals surface area contributed by atoms with Gasteiger partial charge in [-0.3, -0.25) is 4.79 Å². The fraction of sp³-hybridized carbons (Fsp3) is 0.280. The summed E-state index contributed by atoms with van der Waals surface area (Å²) >= 11 is 1.69. The van der Waals surface area contributed by atoms with E-state index in [1.54, 1.807) is 41.7 Å². The van der Waals surface area contributed by atoms with E-state index < -0.39 is 5.97 Å². The molecule has 7 heteroatoms. The van der Waals surface area contributed by atoms with E-state index in [1.165, 1.54) is 16.9 Å². The molecule has 2 aromatic carbocycles. The van der Waals surface area contributed by atoms with E-state index in [1.807, 2.05) is 25.1 Å². The Morgan fingerprint density at radius 1 is 1.06 bits per heavy atom. The standard InChI is InChI=1S/C25H24N2O4S/c1-2-30-19-14-16(12-13-18(19)31-25(29)15-8-4-3-5-9-15)22-26-23(28)21-17-10-6-7-11-20(17)32-24(21)27-22/h3-5,8-9,12-14,22,27H,2,6-7,10-11H2,1H3,(H,26,28). The fourth-order valence-electron chi connectivity index (χ4n) is 4.23. The molecule has 0 radical (unpaired) electrons. The Morgan fingerprint density at radius 2 is 1.88 bits per heavy atom. The number of nitrogens with one attached hydrogen (secondary N) is 2. The van der Waals surface area contributed by atoms with Gasteiger partial charge in [0, 0.05) is 4.88 Å². The van der Waals surface area contributed by atoms with Gasteiger partial charge in [-0.25, -0.2) is 4.79 Å². The molecular formula is C25H24N2O4S. The summed E-state index contributed by atoms with van der Waals surface area (Å²) in [5, 5.41) is 7.49. The molecule has 1 aliphatic heterocycles. The maximum absolute atomic E-state index is 12.9. The number of benzene rings is 2. The number of carbonyl (C=O) groups is 2. The molecule has 32 heavy (non-hydrogen) atoms. The van der Waals surface area contributed by atoms with Gasteiger partial charge in [0.05, 0.1) is 17.7 Å². The topological polar surface area (TPSA) is 76.7 Å². The summed E-state index contributed by atoms with van der Waals surface area (Å²) in [4.78, 5) is 26.7. The lowest BCUT2D eigenvalue weighted by Gasteiger charge is -2.27. The maximum atomic E-state index is 12.9. The van der Waals surface area contributed by atoms with Gasteiger partial charge in [0.15, 0.2) is 11.5 Å². The van der Waals surface area contributed by atoms with Crippen molar-refractivity contribution in [1.29, 1.82) is 0 Å². The molecule has 1 unspecified atom stereocenters. The van der Waals surface area contributed by atoms with E-state index in [2.05, 4.69) is 10.6 Å². The molecule has 1 atom stereocenters. The van der Waals surface area contributed by atoms with Crippen LogP contribution in [0.4, 0.5) is 5.00 Å². The summed E-state index contributed by atoms with van der Waals surface area (Å²) in [6, 6.07) is 14.2. The predicted molar refractivity (Wildman–Crippen MR) is 124 cm³/mol. The lowest BCUT2D eigenvalue weighted by atomic mass is 9.94. The van der Waals surface area contributed by atoms with Crippen molar-refractivity contribution >= 4 is 28.2 Å². The second-order valence-corrected chi connectivity index (χ2v) is 8.97. The summed E-state index contributed by atoms with van der Waals surface area (Å²) < 4.78 is 11.3. The summed E-state index contributed by atoms with van der Waals surface area (Å²) in [6.45, 7) is 2.30. The van der Waals surface area contributed by atoms with E-state index >= 15 is 0 Å². The van der Waals surface area contributed by atoms with Gasteiger partial charge >= 0.3 is 5.97 Å². The molecule has 2 N–H and O–H groups in total. The van der Waals surface area contributed by atoms with Crippen LogP contribution in [0.3, 0.4) is 0 Å². The molecule has 6 nitrogen and oxygen atoms in total. The van der Waals surface area contributed by atoms with Crippen molar-refractivity contribution in [1.82, 2.24) is 5.32 Å². The fourth-order valence-corrected chi connectivity index (χ4v) is 5.55. The van der Waals surface area contributed by atoms with E-state index in [0.29, 0.717) is 23.7 Å². The minimum Gasteiger partial charge on any atom is -0.490 e. The monoisotopic (exact) mass is 448 g/mol. The highest BCUT2D eigenvalue weighted by Gasteiger charge is 2.32. The molecule has 2 aliphatic rings. The van der Waals surface area contributed by atoms with E-state index in [-0.39, 0.29) is 12.1 Å². The molecule has 0 spiro atoms. The first-order chi connectivity index (χ1) is 15.6. The molecule has 0 bridgehead atoms. The van der Waals surface area contributed by atoms with Crippen molar-refractivity contribution in [3.05, 3.63) is 75.7 Å². The van der Waals surface area contributed by atoms with Crippen LogP contribution in [0, 0.1) is 0 Å². The second-order valence-electron chi connectivity index (χ2n) is 7.86. The molecule has 1 aromatic heterocycles. The van der Waals surface area contributed by atoms with Gasteiger partial charge in [-0.15, -0.1) is 11.3 Å². The molecule has 1 aliphatic carbocycles. The molecule has 3 aromatic rings. The molecule has 2 heterocycles. The number of ether oxygens (including phenoxy) is 2. The van der Waals surface area contributed by atoms with Crippen LogP contribution in [0.15, 0.2) is 48.5 Å². The minimum atomic E-state index is -0.447. The summed E-state index contributed by atoms with van der Waals surface area (Å²) in [5.74, 6) is 0.318. The average Bonchev–Trinajstić information content (AvgIpc) is 3.20. The Morgan fingerprint density at radius 3 is 2.69 bits per heavy atom. The zero-order valence-corrected chi connectivity index (χ0v) is 18.6. The lowest BCUT2D eigenvalue weighted by molar-refractivity contribution is 0.0728. The summed E-state index contributed by atoms with van der Waals surface area (Å²) in [6.07, 6.45) is 3.94. The largest absolute Gasteiger partial charge is 0.490 e. The lowest BCUT2D eigenvalue weighted by Crippen LogP contribution is -2.38. The van der Waals surface area contributed by atoms with Crippen LogP contribution in [0.25, 0.3) is 0 Å². The van der Waals surface area contributed by atoms with Gasteiger partial charge in [0.1, 0.15) is 11.2 Å². The van der Waals surface area contributed by atoms with E-state index in [4.69, 9.17) is 9.47 Å². The Labute approximate surface area is 190 Å². The van der Waals surface area contributed by atoms with E-state index in [9.17, 15) is 9.59 Å². The van der Waals surface area contributed by atoms with Gasteiger partial charge < -0.3 is 20.1 Å². The Kier molecular flexibility index (Phi) is 5.57. The predicted octanol–water partition coefficient (Wildman–Crippen LogP) is 5.10. The Hall–Kier alpha value is -3.32. The summed E-state index contributed by atoms with van der Waals surface area (Å²) in [7, 11) is 0. The average molecular weight is 449 g/mol. The first kappa shape index (κ1) is 20.6. The van der Waals surface area contributed by atoms with Crippen molar-refractivity contribution in [3.8, 4) is 11.5 Å². The summed E-state index contributed by atoms with van der Waals surface area (Å²) in [5.41, 5.74) is 3.31. The molecule has 1 amide bonds. The normalized spacial score (nSPS) is 16.9. The number of hydrogen-bond donors (Lipinski definition) is 2. The molecule has 5 rings (SSSR count). The molecule has 0 saturated carbocycles. The van der Waals surface area contributed by atoms with Crippen LogP contribution in [0.5, 0.6) is 11.5 Å². The molecule has 0 saturated heterocycles. The van der Waals surface area contributed by atoms with Crippen LogP contribution in [-0.4, -0.2) is 18.5 Å². The first-order valence-corrected chi connectivity index (χ1v) is 11.7. The van der Waals surface area contributed by atoms with Crippen molar-refractivity contribution in [2.24, 2.45) is 0 Å². The van der Waals surface area contributed by atoms with Gasteiger partial charge in [-0.2, -0.15) is 0 Å². The number of amides is 1. The molecule has 0 fully saturated rings. The number of carbonyl (C=O) groups excluding carboxylic acids is 2. The number of aryl methyl sites for hydroxylation is 1. The van der Waals surface area contributed by atoms with Crippen LogP contribution in [-0.2, 0) is 12.8 Å². The van der Waals surface area contributed by atoms with Gasteiger partial charge in [0.2, 0.25) is 0 Å². The Bertz CT molecular complexity index is 1170. The zero-order chi connectivity index (χ0) is 22.1. The van der Waals surface area contributed by atoms with Crippen LogP contribution in [0.1, 0.15) is 62.7 Å². The number of hydrogen-bond acceptors (Lipinski definition) is 6. The van der Waals surface area contributed by atoms with Crippen molar-refractivity contribution < 1.29 is 19.1 Å². The molecule has 164 valence electrons. The maximum Gasteiger partial charge on any atom is 0.343 e. The number of esters is 1. The third-order valence-corrected chi connectivity index (χ3v) is 6.99. The highest BCUT2D eigenvalue weighted by molar-refractivity contribution is 7.16. The minimum absolute atomic E-state index is 0.0410. The third kappa shape index (κ3) is 3.84. The number of anilines is 1. The SMILES string of the molecule is CCOc1cc(C2NC(=O)c3c(sc4c3CCCC4)N2)ccc1OC(=O)c1ccccc1. The zero-order valence-electron chi connectivity index (χ0n) is 17.8. The van der Waals surface area contributed by atoms with Crippen molar-refractivity contribution in [3.63, 3.8) is 0 Å². The first-order valence-electron chi connectivity index (χ1n) is 10.9. The number of rotatable bonds is 5. The van der Waals surface area contributed by atoms with E-state index in [0.717, 1.165) is 35.4 Å². The number of fused-ring (bicyclic) bond motifs is 3. The van der Waals surface area contributed by atoms with Crippen LogP contribution in [0.2, 0.25) is 0 Å². The van der Waals surface area contributed by atoms with Gasteiger partial charge in [-0.05, 0) is 68.0 Å². The quantitative estimate of drug-likeness (QED) is 0.420. The van der Waals surface area contributed by atoms with Crippen molar-refractivity contribution in [2.45, 2.75) is 38.8 Å². The smallest absolute Gasteiger partial charge is 0.343 e. The third-order valence-electron chi connectivity index (χ3n) is 5.76. The number of thiophene rings is 1. The van der Waals surface area contributed by atoms with Gasteiger partial charge in [-0.1, -0.05) is 24.3 Å². The highest BCUT2D eigenvalue weighted by atomic mass is 32.1. The second kappa shape index (κ2) is 8.67. The van der Waals surface area contributed by atoms with Crippen LogP contribution < -0.4 is 20.1 Å². The highest BCUT2D eigenvalue weighted by Crippen LogP contribution is 2.42. The van der Waals surface area contributed by atoms with Gasteiger partial charge in [0.25, 0.3) is 5.91 Å².